The molecule has 1 atom stereocenters. The normalized spacial score (nSPS) is 12.7. The Kier molecular flexibility index (Phi) is 8.78. The van der Waals surface area contributed by atoms with Gasteiger partial charge in [0.25, 0.3) is 0 Å². The van der Waals surface area contributed by atoms with Crippen molar-refractivity contribution in [2.45, 2.75) is 66.5 Å². The molecule has 1 heterocycles. The number of rotatable bonds is 10. The van der Waals surface area contributed by atoms with E-state index in [4.69, 9.17) is 14.3 Å². The number of hydrogen-bond acceptors (Lipinski definition) is 5. The van der Waals surface area contributed by atoms with Gasteiger partial charge in [0.1, 0.15) is 5.75 Å². The lowest BCUT2D eigenvalue weighted by Gasteiger charge is -2.17. The molecule has 2 rings (SSSR count). The molecule has 154 valence electrons. The van der Waals surface area contributed by atoms with Crippen LogP contribution in [0.25, 0.3) is 0 Å². The standard InChI is InChI=1S/C21H33N5O2/c1-6-16(4)27-19-13-15(3)10-11-18(19)14-24-21(22-7-2)23-12-8-9-20-25-17(5)26-28-20/h10-11,13,16H,6-9,12,14H2,1-5H3,(H2,22,23,24). The fourth-order valence-corrected chi connectivity index (χ4v) is 2.60. The summed E-state index contributed by atoms with van der Waals surface area (Å²) >= 11 is 0. The predicted molar refractivity (Wildman–Crippen MR) is 112 cm³/mol. The monoisotopic (exact) mass is 387 g/mol. The Morgan fingerprint density at radius 2 is 2.07 bits per heavy atom. The lowest BCUT2D eigenvalue weighted by Crippen LogP contribution is -2.37. The molecule has 0 bridgehead atoms. The molecule has 2 N–H and O–H groups in total. The smallest absolute Gasteiger partial charge is 0.226 e. The Hall–Kier alpha value is -2.57. The second kappa shape index (κ2) is 11.3. The van der Waals surface area contributed by atoms with E-state index in [-0.39, 0.29) is 6.10 Å². The zero-order valence-corrected chi connectivity index (χ0v) is 17.7. The molecule has 0 saturated heterocycles. The van der Waals surface area contributed by atoms with E-state index in [2.05, 4.69) is 66.7 Å². The van der Waals surface area contributed by atoms with Crippen molar-refractivity contribution < 1.29 is 9.26 Å². The molecule has 0 amide bonds. The molecule has 28 heavy (non-hydrogen) atoms. The quantitative estimate of drug-likeness (QED) is 0.368. The maximum Gasteiger partial charge on any atom is 0.226 e. The van der Waals surface area contributed by atoms with Crippen LogP contribution in [-0.2, 0) is 13.0 Å². The van der Waals surface area contributed by atoms with E-state index < -0.39 is 0 Å². The van der Waals surface area contributed by atoms with E-state index in [1.807, 2.05) is 6.92 Å². The highest BCUT2D eigenvalue weighted by molar-refractivity contribution is 5.79. The number of benzene rings is 1. The molecule has 0 aliphatic carbocycles. The molecular weight excluding hydrogens is 354 g/mol. The van der Waals surface area contributed by atoms with Crippen LogP contribution in [0, 0.1) is 13.8 Å². The fraction of sp³-hybridized carbons (Fsp3) is 0.571. The molecule has 1 aromatic carbocycles. The molecule has 0 aliphatic heterocycles. The van der Waals surface area contributed by atoms with Crippen LogP contribution in [0.1, 0.15) is 56.5 Å². The maximum absolute atomic E-state index is 6.08. The minimum absolute atomic E-state index is 0.184. The molecular formula is C21H33N5O2. The first-order chi connectivity index (χ1) is 13.5. The summed E-state index contributed by atoms with van der Waals surface area (Å²) < 4.78 is 11.2. The van der Waals surface area contributed by atoms with Crippen LogP contribution in [0.2, 0.25) is 0 Å². The summed E-state index contributed by atoms with van der Waals surface area (Å²) in [6.07, 6.45) is 2.79. The number of aryl methyl sites for hydroxylation is 3. The summed E-state index contributed by atoms with van der Waals surface area (Å²) in [4.78, 5) is 8.94. The zero-order chi connectivity index (χ0) is 20.4. The number of nitrogens with zero attached hydrogens (tertiary/aromatic N) is 3. The van der Waals surface area contributed by atoms with Crippen LogP contribution in [0.5, 0.6) is 5.75 Å². The average Bonchev–Trinajstić information content (AvgIpc) is 3.09. The highest BCUT2D eigenvalue weighted by atomic mass is 16.5. The molecule has 7 nitrogen and oxygen atoms in total. The third-order valence-corrected chi connectivity index (χ3v) is 4.31. The predicted octanol–water partition coefficient (Wildman–Crippen LogP) is 3.55. The summed E-state index contributed by atoms with van der Waals surface area (Å²) in [5.74, 6) is 3.05. The van der Waals surface area contributed by atoms with Crippen molar-refractivity contribution in [3.8, 4) is 5.75 Å². The largest absolute Gasteiger partial charge is 0.490 e. The van der Waals surface area contributed by atoms with Gasteiger partial charge in [0.05, 0.1) is 12.6 Å². The van der Waals surface area contributed by atoms with Crippen molar-refractivity contribution in [3.63, 3.8) is 0 Å². The SMILES string of the molecule is CCNC(=NCc1ccc(C)cc1OC(C)CC)NCCCc1nc(C)no1. The van der Waals surface area contributed by atoms with Gasteiger partial charge in [0.15, 0.2) is 11.8 Å². The summed E-state index contributed by atoms with van der Waals surface area (Å²) in [7, 11) is 0. The van der Waals surface area contributed by atoms with Crippen molar-refractivity contribution in [2.24, 2.45) is 4.99 Å². The molecule has 0 aliphatic rings. The molecule has 0 spiro atoms. The molecule has 7 heteroatoms. The molecule has 1 unspecified atom stereocenters. The number of guanidine groups is 1. The second-order valence-corrected chi connectivity index (χ2v) is 6.91. The first kappa shape index (κ1) is 21.7. The number of aliphatic imine (C=N–C) groups is 1. The van der Waals surface area contributed by atoms with Crippen molar-refractivity contribution in [2.75, 3.05) is 13.1 Å². The Morgan fingerprint density at radius 1 is 1.25 bits per heavy atom. The van der Waals surface area contributed by atoms with Crippen molar-refractivity contribution in [1.29, 1.82) is 0 Å². The van der Waals surface area contributed by atoms with Gasteiger partial charge in [0, 0.05) is 25.1 Å². The lowest BCUT2D eigenvalue weighted by molar-refractivity contribution is 0.215. The lowest BCUT2D eigenvalue weighted by atomic mass is 10.1. The van der Waals surface area contributed by atoms with Crippen molar-refractivity contribution in [1.82, 2.24) is 20.8 Å². The van der Waals surface area contributed by atoms with E-state index in [0.29, 0.717) is 18.3 Å². The molecule has 1 aromatic heterocycles. The second-order valence-electron chi connectivity index (χ2n) is 6.91. The Labute approximate surface area is 168 Å². The Morgan fingerprint density at radius 3 is 2.75 bits per heavy atom. The van der Waals surface area contributed by atoms with Crippen LogP contribution in [0.3, 0.4) is 0 Å². The topological polar surface area (TPSA) is 84.6 Å². The number of hydrogen-bond donors (Lipinski definition) is 2. The van der Waals surface area contributed by atoms with Crippen LogP contribution < -0.4 is 15.4 Å². The van der Waals surface area contributed by atoms with Gasteiger partial charge in [0.2, 0.25) is 5.89 Å². The van der Waals surface area contributed by atoms with Gasteiger partial charge in [-0.1, -0.05) is 24.2 Å². The van der Waals surface area contributed by atoms with E-state index in [9.17, 15) is 0 Å². The van der Waals surface area contributed by atoms with E-state index in [1.165, 1.54) is 5.56 Å². The third-order valence-electron chi connectivity index (χ3n) is 4.31. The summed E-state index contributed by atoms with van der Waals surface area (Å²) in [5.41, 5.74) is 2.27. The minimum Gasteiger partial charge on any atom is -0.490 e. The van der Waals surface area contributed by atoms with Crippen LogP contribution in [-0.4, -0.2) is 35.3 Å². The van der Waals surface area contributed by atoms with Crippen LogP contribution >= 0.6 is 0 Å². The van der Waals surface area contributed by atoms with E-state index in [0.717, 1.165) is 49.6 Å². The van der Waals surface area contributed by atoms with Gasteiger partial charge in [-0.2, -0.15) is 4.98 Å². The van der Waals surface area contributed by atoms with Gasteiger partial charge >= 0.3 is 0 Å². The summed E-state index contributed by atoms with van der Waals surface area (Å²) in [5, 5.41) is 10.5. The maximum atomic E-state index is 6.08. The fourth-order valence-electron chi connectivity index (χ4n) is 2.60. The Bertz CT molecular complexity index is 757. The van der Waals surface area contributed by atoms with Crippen molar-refractivity contribution >= 4 is 5.96 Å². The van der Waals surface area contributed by atoms with Crippen molar-refractivity contribution in [3.05, 3.63) is 41.0 Å². The average molecular weight is 388 g/mol. The van der Waals surface area contributed by atoms with Crippen LogP contribution in [0.15, 0.2) is 27.7 Å². The van der Waals surface area contributed by atoms with Gasteiger partial charge in [-0.3, -0.25) is 0 Å². The number of nitrogens with one attached hydrogen (secondary N) is 2. The third kappa shape index (κ3) is 7.21. The number of aromatic nitrogens is 2. The minimum atomic E-state index is 0.184. The number of ether oxygens (including phenoxy) is 1. The van der Waals surface area contributed by atoms with Gasteiger partial charge < -0.3 is 19.9 Å². The molecule has 0 radical (unpaired) electrons. The van der Waals surface area contributed by atoms with E-state index >= 15 is 0 Å². The molecule has 0 fully saturated rings. The van der Waals surface area contributed by atoms with Gasteiger partial charge in [-0.15, -0.1) is 0 Å². The molecule has 0 saturated carbocycles. The zero-order valence-electron chi connectivity index (χ0n) is 17.7. The Balaban J connectivity index is 1.93. The molecule has 2 aromatic rings. The summed E-state index contributed by atoms with van der Waals surface area (Å²) in [6.45, 7) is 12.3. The highest BCUT2D eigenvalue weighted by Crippen LogP contribution is 2.23. The summed E-state index contributed by atoms with van der Waals surface area (Å²) in [6, 6.07) is 6.28. The first-order valence-corrected chi connectivity index (χ1v) is 10.1. The van der Waals surface area contributed by atoms with Crippen LogP contribution in [0.4, 0.5) is 0 Å². The first-order valence-electron chi connectivity index (χ1n) is 10.1. The highest BCUT2D eigenvalue weighted by Gasteiger charge is 2.08. The van der Waals surface area contributed by atoms with Gasteiger partial charge in [-0.05, 0) is 52.2 Å². The van der Waals surface area contributed by atoms with Gasteiger partial charge in [-0.25, -0.2) is 4.99 Å². The van der Waals surface area contributed by atoms with E-state index in [1.54, 1.807) is 0 Å².